The van der Waals surface area contributed by atoms with Gasteiger partial charge in [-0.2, -0.15) is 4.99 Å². The van der Waals surface area contributed by atoms with Crippen LogP contribution in [0.5, 0.6) is 0 Å². The molecule has 1 aromatic carbocycles. The van der Waals surface area contributed by atoms with Crippen molar-refractivity contribution >= 4 is 12.0 Å². The van der Waals surface area contributed by atoms with Crippen LogP contribution in [0.15, 0.2) is 35.3 Å². The van der Waals surface area contributed by atoms with Gasteiger partial charge in [-0.25, -0.2) is 9.59 Å². The first kappa shape index (κ1) is 14.1. The Morgan fingerprint density at radius 2 is 2.06 bits per heavy atom. The summed E-state index contributed by atoms with van der Waals surface area (Å²) in [5, 5.41) is 0. The highest BCUT2D eigenvalue weighted by Crippen LogP contribution is 2.20. The summed E-state index contributed by atoms with van der Waals surface area (Å²) in [5.41, 5.74) is -0.0535. The summed E-state index contributed by atoms with van der Waals surface area (Å²) in [7, 11) is 0. The molecule has 0 saturated heterocycles. The van der Waals surface area contributed by atoms with Gasteiger partial charge in [-0.15, -0.1) is 0 Å². The van der Waals surface area contributed by atoms with E-state index in [0.29, 0.717) is 12.8 Å². The Balaban J connectivity index is 2.74. The van der Waals surface area contributed by atoms with E-state index in [1.807, 2.05) is 30.3 Å². The van der Waals surface area contributed by atoms with E-state index in [1.165, 1.54) is 6.08 Å². The Bertz CT molecular complexity index is 438. The first-order valence-corrected chi connectivity index (χ1v) is 5.92. The summed E-state index contributed by atoms with van der Waals surface area (Å²) in [5.74, 6) is -0.482. The van der Waals surface area contributed by atoms with E-state index in [0.717, 1.165) is 5.56 Å². The molecule has 0 bridgehead atoms. The predicted molar refractivity (Wildman–Crippen MR) is 67.9 cm³/mol. The summed E-state index contributed by atoms with van der Waals surface area (Å²) in [6, 6.07) is 9.73. The summed E-state index contributed by atoms with van der Waals surface area (Å²) >= 11 is 0. The molecule has 0 N–H and O–H groups in total. The molecule has 0 spiro atoms. The molecule has 1 rings (SSSR count). The molecular formula is C14H17NO3. The van der Waals surface area contributed by atoms with Gasteiger partial charge >= 0.3 is 5.97 Å². The molecule has 0 fully saturated rings. The third-order valence-electron chi connectivity index (χ3n) is 2.75. The summed E-state index contributed by atoms with van der Waals surface area (Å²) in [4.78, 5) is 25.8. The number of esters is 1. The fourth-order valence-electron chi connectivity index (χ4n) is 1.62. The zero-order valence-electron chi connectivity index (χ0n) is 10.7. The van der Waals surface area contributed by atoms with Crippen molar-refractivity contribution in [3.05, 3.63) is 35.9 Å². The first-order chi connectivity index (χ1) is 8.62. The van der Waals surface area contributed by atoms with Crippen LogP contribution in [0.4, 0.5) is 0 Å². The van der Waals surface area contributed by atoms with Gasteiger partial charge in [-0.1, -0.05) is 30.3 Å². The van der Waals surface area contributed by atoms with Gasteiger partial charge in [0.25, 0.3) is 0 Å². The zero-order chi connectivity index (χ0) is 13.4. The lowest BCUT2D eigenvalue weighted by molar-refractivity contribution is -0.149. The lowest BCUT2D eigenvalue weighted by Crippen LogP contribution is -2.35. The van der Waals surface area contributed by atoms with Crippen molar-refractivity contribution in [2.45, 2.75) is 32.2 Å². The molecular weight excluding hydrogens is 230 g/mol. The van der Waals surface area contributed by atoms with Crippen LogP contribution in [0.2, 0.25) is 0 Å². The normalized spacial score (nSPS) is 13.2. The highest BCUT2D eigenvalue weighted by molar-refractivity contribution is 5.81. The van der Waals surface area contributed by atoms with E-state index in [2.05, 4.69) is 4.99 Å². The number of ether oxygens (including phenoxy) is 1. The van der Waals surface area contributed by atoms with Crippen LogP contribution in [0, 0.1) is 0 Å². The average Bonchev–Trinajstić information content (AvgIpc) is 2.38. The SMILES string of the molecule is CCOC(=O)C(C)(CCc1ccccc1)N=C=O. The number of nitrogens with zero attached hydrogens (tertiary/aromatic N) is 1. The molecule has 18 heavy (non-hydrogen) atoms. The molecule has 0 aliphatic rings. The lowest BCUT2D eigenvalue weighted by atomic mass is 9.94. The number of aryl methyl sites for hydroxylation is 1. The summed E-state index contributed by atoms with van der Waals surface area (Å²) in [6.07, 6.45) is 2.53. The molecule has 0 amide bonds. The van der Waals surface area contributed by atoms with Crippen LogP contribution in [0.25, 0.3) is 0 Å². The highest BCUT2D eigenvalue weighted by Gasteiger charge is 2.34. The van der Waals surface area contributed by atoms with E-state index >= 15 is 0 Å². The van der Waals surface area contributed by atoms with Gasteiger partial charge in [0.1, 0.15) is 0 Å². The van der Waals surface area contributed by atoms with E-state index in [4.69, 9.17) is 4.74 Å². The lowest BCUT2D eigenvalue weighted by Gasteiger charge is -2.20. The highest BCUT2D eigenvalue weighted by atomic mass is 16.5. The van der Waals surface area contributed by atoms with Gasteiger partial charge < -0.3 is 4.74 Å². The first-order valence-electron chi connectivity index (χ1n) is 5.92. The van der Waals surface area contributed by atoms with Crippen LogP contribution in [0.3, 0.4) is 0 Å². The topological polar surface area (TPSA) is 55.7 Å². The monoisotopic (exact) mass is 247 g/mol. The van der Waals surface area contributed by atoms with Gasteiger partial charge in [-0.05, 0) is 32.3 Å². The minimum atomic E-state index is -1.15. The second kappa shape index (κ2) is 6.72. The molecule has 96 valence electrons. The molecule has 0 aliphatic heterocycles. The standard InChI is InChI=1S/C14H17NO3/c1-3-18-13(17)14(2,15-11-16)10-9-12-7-5-4-6-8-12/h4-8H,3,9-10H2,1-2H3. The Morgan fingerprint density at radius 3 is 2.61 bits per heavy atom. The quantitative estimate of drug-likeness (QED) is 0.440. The molecule has 4 heteroatoms. The van der Waals surface area contributed by atoms with Crippen molar-refractivity contribution in [3.63, 3.8) is 0 Å². The van der Waals surface area contributed by atoms with E-state index in [1.54, 1.807) is 13.8 Å². The third kappa shape index (κ3) is 3.82. The van der Waals surface area contributed by atoms with Crippen molar-refractivity contribution in [3.8, 4) is 0 Å². The van der Waals surface area contributed by atoms with Gasteiger partial charge in [0.05, 0.1) is 6.61 Å². The van der Waals surface area contributed by atoms with E-state index in [9.17, 15) is 9.59 Å². The van der Waals surface area contributed by atoms with Crippen molar-refractivity contribution in [2.75, 3.05) is 6.61 Å². The Labute approximate surface area is 107 Å². The number of hydrogen-bond acceptors (Lipinski definition) is 4. The Hall–Kier alpha value is -1.93. The second-order valence-corrected chi connectivity index (χ2v) is 4.18. The molecule has 1 unspecified atom stereocenters. The van der Waals surface area contributed by atoms with Crippen molar-refractivity contribution in [1.29, 1.82) is 0 Å². The largest absolute Gasteiger partial charge is 0.464 e. The number of benzene rings is 1. The predicted octanol–water partition coefficient (Wildman–Crippen LogP) is 2.28. The molecule has 1 atom stereocenters. The van der Waals surface area contributed by atoms with Crippen molar-refractivity contribution in [1.82, 2.24) is 0 Å². The minimum Gasteiger partial charge on any atom is -0.464 e. The minimum absolute atomic E-state index is 0.272. The molecule has 4 nitrogen and oxygen atoms in total. The Morgan fingerprint density at radius 1 is 1.39 bits per heavy atom. The summed E-state index contributed by atoms with van der Waals surface area (Å²) in [6.45, 7) is 3.59. The number of aliphatic imine (C=N–C) groups is 1. The van der Waals surface area contributed by atoms with E-state index < -0.39 is 11.5 Å². The van der Waals surface area contributed by atoms with Crippen LogP contribution >= 0.6 is 0 Å². The molecule has 1 aromatic rings. The molecule has 0 saturated carbocycles. The average molecular weight is 247 g/mol. The Kier molecular flexibility index (Phi) is 5.28. The fraction of sp³-hybridized carbons (Fsp3) is 0.429. The second-order valence-electron chi connectivity index (χ2n) is 4.18. The molecule has 0 radical (unpaired) electrons. The van der Waals surface area contributed by atoms with Gasteiger partial charge in [-0.3, -0.25) is 0 Å². The van der Waals surface area contributed by atoms with Crippen LogP contribution in [-0.4, -0.2) is 24.2 Å². The smallest absolute Gasteiger partial charge is 0.334 e. The number of hydrogen-bond donors (Lipinski definition) is 0. The fourth-order valence-corrected chi connectivity index (χ4v) is 1.62. The molecule has 0 aliphatic carbocycles. The number of rotatable bonds is 6. The maximum absolute atomic E-state index is 11.8. The number of isocyanates is 1. The van der Waals surface area contributed by atoms with Gasteiger partial charge in [0.2, 0.25) is 6.08 Å². The maximum atomic E-state index is 11.8. The van der Waals surface area contributed by atoms with Crippen LogP contribution in [0.1, 0.15) is 25.8 Å². The van der Waals surface area contributed by atoms with Crippen molar-refractivity contribution in [2.24, 2.45) is 4.99 Å². The third-order valence-corrected chi connectivity index (χ3v) is 2.75. The van der Waals surface area contributed by atoms with E-state index in [-0.39, 0.29) is 6.61 Å². The van der Waals surface area contributed by atoms with Crippen LogP contribution in [-0.2, 0) is 20.7 Å². The molecule has 0 aromatic heterocycles. The number of carbonyl (C=O) groups excluding carboxylic acids is 2. The number of carbonyl (C=O) groups is 1. The van der Waals surface area contributed by atoms with Crippen LogP contribution < -0.4 is 0 Å². The summed E-state index contributed by atoms with van der Waals surface area (Å²) < 4.78 is 4.94. The van der Waals surface area contributed by atoms with Crippen molar-refractivity contribution < 1.29 is 14.3 Å². The van der Waals surface area contributed by atoms with Gasteiger partial charge in [0.15, 0.2) is 5.54 Å². The maximum Gasteiger partial charge on any atom is 0.334 e. The zero-order valence-corrected chi connectivity index (χ0v) is 10.7. The van der Waals surface area contributed by atoms with Gasteiger partial charge in [0, 0.05) is 0 Å². The molecule has 0 heterocycles.